The lowest BCUT2D eigenvalue weighted by Crippen LogP contribution is -2.58. The maximum atomic E-state index is 12.5. The van der Waals surface area contributed by atoms with Crippen molar-refractivity contribution in [2.24, 2.45) is 0 Å². The highest BCUT2D eigenvalue weighted by molar-refractivity contribution is 5.88. The predicted octanol–water partition coefficient (Wildman–Crippen LogP) is 1.11. The summed E-state index contributed by atoms with van der Waals surface area (Å²) in [5, 5.41) is 5.75. The Morgan fingerprint density at radius 2 is 1.92 bits per heavy atom. The zero-order chi connectivity index (χ0) is 17.8. The van der Waals surface area contributed by atoms with Gasteiger partial charge in [-0.25, -0.2) is 4.79 Å². The van der Waals surface area contributed by atoms with E-state index < -0.39 is 6.04 Å². The summed E-state index contributed by atoms with van der Waals surface area (Å²) >= 11 is 0. The largest absolute Gasteiger partial charge is 0.378 e. The van der Waals surface area contributed by atoms with Crippen molar-refractivity contribution in [1.29, 1.82) is 0 Å². The number of carbonyl (C=O) groups is 2. The van der Waals surface area contributed by atoms with Gasteiger partial charge in [0.15, 0.2) is 0 Å². The molecule has 1 aromatic rings. The number of piperazine rings is 1. The smallest absolute Gasteiger partial charge is 0.318 e. The van der Waals surface area contributed by atoms with E-state index in [-0.39, 0.29) is 18.0 Å². The van der Waals surface area contributed by atoms with Crippen LogP contribution in [-0.4, -0.2) is 62.3 Å². The van der Waals surface area contributed by atoms with Crippen LogP contribution in [-0.2, 0) is 9.53 Å². The fourth-order valence-electron chi connectivity index (χ4n) is 3.21. The number of amides is 3. The average molecular weight is 346 g/mol. The maximum Gasteiger partial charge on any atom is 0.318 e. The molecule has 0 aliphatic carbocycles. The highest BCUT2D eigenvalue weighted by atomic mass is 16.5. The van der Waals surface area contributed by atoms with Crippen molar-refractivity contribution in [3.63, 3.8) is 0 Å². The number of hydrogen-bond acceptors (Lipinski definition) is 4. The fourth-order valence-corrected chi connectivity index (χ4v) is 3.21. The topological polar surface area (TPSA) is 73.9 Å². The Labute approximate surface area is 148 Å². The summed E-state index contributed by atoms with van der Waals surface area (Å²) in [6.07, 6.45) is 0. The molecule has 0 saturated carbocycles. The van der Waals surface area contributed by atoms with E-state index in [1.807, 2.05) is 19.1 Å². The number of ether oxygens (including phenoxy) is 1. The number of urea groups is 1. The van der Waals surface area contributed by atoms with Crippen molar-refractivity contribution >= 4 is 17.6 Å². The van der Waals surface area contributed by atoms with Crippen LogP contribution in [0.1, 0.15) is 25.5 Å². The second-order valence-corrected chi connectivity index (χ2v) is 6.52. The number of carbonyl (C=O) groups excluding carboxylic acids is 2. The molecule has 0 bridgehead atoms. The second-order valence-electron chi connectivity index (χ2n) is 6.52. The lowest BCUT2D eigenvalue weighted by atomic mass is 10.1. The number of hydrogen-bond donors (Lipinski definition) is 2. The molecule has 25 heavy (non-hydrogen) atoms. The summed E-state index contributed by atoms with van der Waals surface area (Å²) in [5.41, 5.74) is 2.21. The van der Waals surface area contributed by atoms with E-state index in [2.05, 4.69) is 27.7 Å². The summed E-state index contributed by atoms with van der Waals surface area (Å²) in [4.78, 5) is 28.0. The van der Waals surface area contributed by atoms with Crippen LogP contribution in [0.3, 0.4) is 0 Å². The normalized spacial score (nSPS) is 22.3. The Kier molecular flexibility index (Phi) is 5.43. The van der Waals surface area contributed by atoms with E-state index in [0.717, 1.165) is 31.9 Å². The minimum Gasteiger partial charge on any atom is -0.378 e. The number of nitrogens with one attached hydrogen (secondary N) is 2. The van der Waals surface area contributed by atoms with Crippen LogP contribution in [0.2, 0.25) is 0 Å². The van der Waals surface area contributed by atoms with Gasteiger partial charge in [-0.1, -0.05) is 12.1 Å². The summed E-state index contributed by atoms with van der Waals surface area (Å²) in [6, 6.07) is 7.49. The van der Waals surface area contributed by atoms with E-state index in [9.17, 15) is 9.59 Å². The van der Waals surface area contributed by atoms with Gasteiger partial charge >= 0.3 is 6.03 Å². The summed E-state index contributed by atoms with van der Waals surface area (Å²) in [5.74, 6) is -0.107. The molecule has 0 radical (unpaired) electrons. The molecule has 3 rings (SSSR count). The van der Waals surface area contributed by atoms with Crippen molar-refractivity contribution in [3.05, 3.63) is 29.8 Å². The van der Waals surface area contributed by atoms with Crippen molar-refractivity contribution in [2.45, 2.75) is 25.9 Å². The van der Waals surface area contributed by atoms with Crippen LogP contribution in [0.4, 0.5) is 10.5 Å². The van der Waals surface area contributed by atoms with Gasteiger partial charge in [0.1, 0.15) is 6.04 Å². The molecule has 2 unspecified atom stereocenters. The van der Waals surface area contributed by atoms with Crippen molar-refractivity contribution in [3.8, 4) is 0 Å². The molecule has 2 aliphatic rings. The van der Waals surface area contributed by atoms with Gasteiger partial charge in [0.25, 0.3) is 0 Å². The lowest BCUT2D eigenvalue weighted by Gasteiger charge is -2.33. The Morgan fingerprint density at radius 1 is 1.24 bits per heavy atom. The molecule has 1 aromatic carbocycles. The van der Waals surface area contributed by atoms with Gasteiger partial charge in [-0.05, 0) is 31.5 Å². The van der Waals surface area contributed by atoms with Crippen LogP contribution >= 0.6 is 0 Å². The first-order valence-electron chi connectivity index (χ1n) is 8.84. The second kappa shape index (κ2) is 7.74. The molecule has 0 aromatic heterocycles. The monoisotopic (exact) mass is 346 g/mol. The zero-order valence-corrected chi connectivity index (χ0v) is 14.8. The molecule has 0 spiro atoms. The fraction of sp³-hybridized carbons (Fsp3) is 0.556. The highest BCUT2D eigenvalue weighted by Gasteiger charge is 2.29. The Hall–Kier alpha value is -2.28. The number of nitrogens with zero attached hydrogens (tertiary/aromatic N) is 2. The third-order valence-electron chi connectivity index (χ3n) is 4.87. The molecular formula is C18H26N4O3. The highest BCUT2D eigenvalue weighted by Crippen LogP contribution is 2.20. The molecule has 2 N–H and O–H groups in total. The van der Waals surface area contributed by atoms with Gasteiger partial charge in [0, 0.05) is 31.9 Å². The van der Waals surface area contributed by atoms with Crippen molar-refractivity contribution < 1.29 is 14.3 Å². The molecule has 2 heterocycles. The minimum atomic E-state index is -0.440. The van der Waals surface area contributed by atoms with Crippen LogP contribution < -0.4 is 15.5 Å². The lowest BCUT2D eigenvalue weighted by molar-refractivity contribution is -0.126. The van der Waals surface area contributed by atoms with Crippen LogP contribution in [0.15, 0.2) is 24.3 Å². The molecule has 3 amide bonds. The molecule has 7 nitrogen and oxygen atoms in total. The molecule has 2 atom stereocenters. The SMILES string of the molecule is CC(NC(=O)N1CCNC(=O)C1C)c1ccc(N2CCOCC2)cc1. The molecular weight excluding hydrogens is 320 g/mol. The summed E-state index contributed by atoms with van der Waals surface area (Å²) < 4.78 is 5.38. The Morgan fingerprint density at radius 3 is 2.60 bits per heavy atom. The van der Waals surface area contributed by atoms with E-state index >= 15 is 0 Å². The van der Waals surface area contributed by atoms with Gasteiger partial charge in [-0.15, -0.1) is 0 Å². The van der Waals surface area contributed by atoms with Gasteiger partial charge in [-0.2, -0.15) is 0 Å². The molecule has 136 valence electrons. The molecule has 7 heteroatoms. The van der Waals surface area contributed by atoms with Gasteiger partial charge in [0.05, 0.1) is 19.3 Å². The van der Waals surface area contributed by atoms with Gasteiger partial charge in [-0.3, -0.25) is 4.79 Å². The summed E-state index contributed by atoms with van der Waals surface area (Å²) in [6.45, 7) is 8.06. The van der Waals surface area contributed by atoms with Crippen LogP contribution in [0.25, 0.3) is 0 Å². The first-order valence-corrected chi connectivity index (χ1v) is 8.84. The van der Waals surface area contributed by atoms with Crippen molar-refractivity contribution in [1.82, 2.24) is 15.5 Å². The quantitative estimate of drug-likeness (QED) is 0.860. The molecule has 2 fully saturated rings. The average Bonchev–Trinajstić information content (AvgIpc) is 2.64. The third-order valence-corrected chi connectivity index (χ3v) is 4.87. The first kappa shape index (κ1) is 17.5. The van der Waals surface area contributed by atoms with Crippen LogP contribution in [0, 0.1) is 0 Å². The van der Waals surface area contributed by atoms with E-state index in [1.54, 1.807) is 11.8 Å². The predicted molar refractivity (Wildman–Crippen MR) is 95.6 cm³/mol. The van der Waals surface area contributed by atoms with E-state index in [0.29, 0.717) is 13.1 Å². The number of rotatable bonds is 3. The van der Waals surface area contributed by atoms with Crippen LogP contribution in [0.5, 0.6) is 0 Å². The zero-order valence-electron chi connectivity index (χ0n) is 14.8. The summed E-state index contributed by atoms with van der Waals surface area (Å²) in [7, 11) is 0. The van der Waals surface area contributed by atoms with E-state index in [4.69, 9.17) is 4.74 Å². The number of benzene rings is 1. The first-order chi connectivity index (χ1) is 12.1. The number of anilines is 1. The molecule has 2 aliphatic heterocycles. The van der Waals surface area contributed by atoms with Gasteiger partial charge in [0.2, 0.25) is 5.91 Å². The third kappa shape index (κ3) is 4.04. The standard InChI is InChI=1S/C18H26N4O3/c1-13(20-18(24)22-8-7-19-17(23)14(22)2)15-3-5-16(6-4-15)21-9-11-25-12-10-21/h3-6,13-14H,7-12H2,1-2H3,(H,19,23)(H,20,24). The Bertz CT molecular complexity index is 613. The number of morpholine rings is 1. The Balaban J connectivity index is 1.59. The minimum absolute atomic E-state index is 0.107. The van der Waals surface area contributed by atoms with E-state index in [1.165, 1.54) is 5.69 Å². The van der Waals surface area contributed by atoms with Crippen molar-refractivity contribution in [2.75, 3.05) is 44.3 Å². The van der Waals surface area contributed by atoms with Gasteiger partial charge < -0.3 is 25.2 Å². The molecule has 2 saturated heterocycles. The maximum absolute atomic E-state index is 12.5.